The zero-order valence-corrected chi connectivity index (χ0v) is 21.4. The monoisotopic (exact) mass is 486 g/mol. The van der Waals surface area contributed by atoms with E-state index in [0.29, 0.717) is 12.1 Å². The molecule has 1 unspecified atom stereocenters. The Morgan fingerprint density at radius 3 is 2.49 bits per heavy atom. The lowest BCUT2D eigenvalue weighted by Gasteiger charge is -2.39. The number of aliphatic hydroxyl groups is 1. The molecule has 1 N–H and O–H groups in total. The van der Waals surface area contributed by atoms with Gasteiger partial charge in [-0.05, 0) is 65.4 Å². The lowest BCUT2D eigenvalue weighted by atomic mass is 9.87. The fourth-order valence-corrected chi connectivity index (χ4v) is 5.20. The van der Waals surface area contributed by atoms with E-state index in [0.717, 1.165) is 18.4 Å². The summed E-state index contributed by atoms with van der Waals surface area (Å²) in [6.07, 6.45) is 0.526. The Bertz CT molecular complexity index is 952. The number of carbonyl (C=O) groups is 2. The fraction of sp³-hybridized carbons (Fsp3) is 0.630. The summed E-state index contributed by atoms with van der Waals surface area (Å²) in [6.45, 7) is 13.7. The molecule has 4 atom stereocenters. The molecule has 2 aliphatic heterocycles. The number of benzene rings is 1. The molecule has 35 heavy (non-hydrogen) atoms. The van der Waals surface area contributed by atoms with Crippen molar-refractivity contribution in [2.45, 2.75) is 83.4 Å². The molecule has 4 rings (SSSR count). The van der Waals surface area contributed by atoms with Gasteiger partial charge in [0.1, 0.15) is 17.9 Å². The van der Waals surface area contributed by atoms with Crippen LogP contribution in [0.3, 0.4) is 0 Å². The van der Waals surface area contributed by atoms with Gasteiger partial charge >= 0.3 is 12.2 Å². The van der Waals surface area contributed by atoms with E-state index in [4.69, 9.17) is 14.2 Å². The number of nitrogens with zero attached hydrogens (tertiary/aromatic N) is 2. The lowest BCUT2D eigenvalue weighted by Crippen LogP contribution is -2.55. The van der Waals surface area contributed by atoms with E-state index in [2.05, 4.69) is 6.58 Å². The van der Waals surface area contributed by atoms with Gasteiger partial charge in [-0.25, -0.2) is 9.59 Å². The molecule has 1 aliphatic carbocycles. The Balaban J connectivity index is 1.57. The predicted octanol–water partition coefficient (Wildman–Crippen LogP) is 4.32. The standard InChI is InChI=1S/C27H38N2O6/c1-17(28-20(15-33-24(28)31)14-18-10-8-7-9-11-18)22(19-12-13-19)23(30)21-16-34-27(5,6)29(21)25(32)35-26(2,3)4/h7-11,19-23,30H,1,12-16H2,2-6H3/t20-,21-,22?,23+/m1/s1. The molecule has 1 aromatic carbocycles. The molecule has 0 bridgehead atoms. The molecule has 8 nitrogen and oxygen atoms in total. The number of carbonyl (C=O) groups excluding carboxylic acids is 2. The number of aliphatic hydroxyl groups excluding tert-OH is 1. The third-order valence-corrected chi connectivity index (χ3v) is 6.97. The Morgan fingerprint density at radius 1 is 1.23 bits per heavy atom. The van der Waals surface area contributed by atoms with E-state index in [9.17, 15) is 14.7 Å². The fourth-order valence-electron chi connectivity index (χ4n) is 5.20. The van der Waals surface area contributed by atoms with Crippen molar-refractivity contribution in [1.29, 1.82) is 0 Å². The van der Waals surface area contributed by atoms with Crippen LogP contribution in [-0.2, 0) is 20.6 Å². The number of amides is 2. The van der Waals surface area contributed by atoms with Crippen molar-refractivity contribution in [1.82, 2.24) is 9.80 Å². The van der Waals surface area contributed by atoms with Gasteiger partial charge in [-0.2, -0.15) is 0 Å². The molecular formula is C27H38N2O6. The first-order chi connectivity index (χ1) is 16.4. The van der Waals surface area contributed by atoms with Crippen LogP contribution < -0.4 is 0 Å². The van der Waals surface area contributed by atoms with Crippen molar-refractivity contribution in [3.05, 3.63) is 48.2 Å². The largest absolute Gasteiger partial charge is 0.447 e. The molecule has 2 amide bonds. The number of hydrogen-bond acceptors (Lipinski definition) is 6. The quantitative estimate of drug-likeness (QED) is 0.617. The van der Waals surface area contributed by atoms with Gasteiger partial charge < -0.3 is 19.3 Å². The summed E-state index contributed by atoms with van der Waals surface area (Å²) < 4.78 is 17.0. The molecule has 1 saturated carbocycles. The van der Waals surface area contributed by atoms with Gasteiger partial charge in [0.05, 0.1) is 24.8 Å². The highest BCUT2D eigenvalue weighted by Crippen LogP contribution is 2.46. The second-order valence-corrected chi connectivity index (χ2v) is 11.3. The maximum Gasteiger partial charge on any atom is 0.414 e. The summed E-state index contributed by atoms with van der Waals surface area (Å²) >= 11 is 0. The molecule has 0 spiro atoms. The average molecular weight is 487 g/mol. The summed E-state index contributed by atoms with van der Waals surface area (Å²) in [7, 11) is 0. The number of ether oxygens (including phenoxy) is 3. The van der Waals surface area contributed by atoms with Gasteiger partial charge in [-0.15, -0.1) is 0 Å². The van der Waals surface area contributed by atoms with E-state index < -0.39 is 41.6 Å². The van der Waals surface area contributed by atoms with Crippen LogP contribution in [0, 0.1) is 11.8 Å². The minimum atomic E-state index is -0.977. The molecule has 8 heteroatoms. The van der Waals surface area contributed by atoms with Gasteiger partial charge in [-0.3, -0.25) is 9.80 Å². The molecule has 192 valence electrons. The van der Waals surface area contributed by atoms with Crippen LogP contribution >= 0.6 is 0 Å². The van der Waals surface area contributed by atoms with E-state index >= 15 is 0 Å². The van der Waals surface area contributed by atoms with Crippen molar-refractivity contribution in [2.24, 2.45) is 11.8 Å². The maximum absolute atomic E-state index is 13.1. The Hall–Kier alpha value is -2.58. The van der Waals surface area contributed by atoms with Gasteiger partial charge in [0.15, 0.2) is 0 Å². The summed E-state index contributed by atoms with van der Waals surface area (Å²) in [5.41, 5.74) is 0.0111. The Kier molecular flexibility index (Phi) is 6.90. The maximum atomic E-state index is 13.1. The molecule has 2 saturated heterocycles. The van der Waals surface area contributed by atoms with Crippen LogP contribution in [-0.4, -0.2) is 69.8 Å². The topological polar surface area (TPSA) is 88.5 Å². The minimum Gasteiger partial charge on any atom is -0.447 e. The second kappa shape index (κ2) is 9.47. The first-order valence-corrected chi connectivity index (χ1v) is 12.4. The lowest BCUT2D eigenvalue weighted by molar-refractivity contribution is -0.0708. The highest BCUT2D eigenvalue weighted by molar-refractivity contribution is 5.73. The minimum absolute atomic E-state index is 0.168. The van der Waals surface area contributed by atoms with Crippen molar-refractivity contribution in [3.8, 4) is 0 Å². The normalized spacial score (nSPS) is 25.8. The molecule has 1 aromatic rings. The van der Waals surface area contributed by atoms with E-state index in [1.165, 1.54) is 4.90 Å². The summed E-state index contributed by atoms with van der Waals surface area (Å²) in [4.78, 5) is 29.0. The van der Waals surface area contributed by atoms with Crippen molar-refractivity contribution in [3.63, 3.8) is 0 Å². The van der Waals surface area contributed by atoms with Crippen LogP contribution in [0.25, 0.3) is 0 Å². The molecule has 2 heterocycles. The molecule has 3 fully saturated rings. The van der Waals surface area contributed by atoms with Gasteiger partial charge in [0.25, 0.3) is 0 Å². The third kappa shape index (κ3) is 5.48. The molecule has 0 radical (unpaired) electrons. The zero-order chi connectivity index (χ0) is 25.5. The van der Waals surface area contributed by atoms with Crippen LogP contribution in [0.1, 0.15) is 53.0 Å². The van der Waals surface area contributed by atoms with E-state index in [1.807, 2.05) is 30.3 Å². The van der Waals surface area contributed by atoms with Crippen LogP contribution in [0.2, 0.25) is 0 Å². The molecule has 0 aromatic heterocycles. The average Bonchev–Trinajstić information content (AvgIpc) is 3.44. The predicted molar refractivity (Wildman–Crippen MR) is 130 cm³/mol. The first-order valence-electron chi connectivity index (χ1n) is 12.4. The van der Waals surface area contributed by atoms with Gasteiger partial charge in [-0.1, -0.05) is 36.9 Å². The molecule has 3 aliphatic rings. The van der Waals surface area contributed by atoms with Crippen molar-refractivity contribution in [2.75, 3.05) is 13.2 Å². The van der Waals surface area contributed by atoms with Gasteiger partial charge in [0, 0.05) is 11.6 Å². The SMILES string of the molecule is C=C(C(C1CC1)[C@@H](O)[C@H]1COC(C)(C)N1C(=O)OC(C)(C)C)N1C(=O)OC[C@H]1Cc1ccccc1. The van der Waals surface area contributed by atoms with E-state index in [-0.39, 0.29) is 25.2 Å². The van der Waals surface area contributed by atoms with Gasteiger partial charge in [0.2, 0.25) is 0 Å². The van der Waals surface area contributed by atoms with E-state index in [1.54, 1.807) is 39.5 Å². The number of cyclic esters (lactones) is 1. The van der Waals surface area contributed by atoms with Crippen molar-refractivity contribution < 1.29 is 28.9 Å². The Morgan fingerprint density at radius 2 is 1.89 bits per heavy atom. The summed E-state index contributed by atoms with van der Waals surface area (Å²) in [6, 6.07) is 9.10. The number of hydrogen-bond donors (Lipinski definition) is 1. The highest BCUT2D eigenvalue weighted by atomic mass is 16.6. The smallest absolute Gasteiger partial charge is 0.414 e. The zero-order valence-electron chi connectivity index (χ0n) is 21.4. The molecular weight excluding hydrogens is 448 g/mol. The summed E-state index contributed by atoms with van der Waals surface area (Å²) in [5.74, 6) is -0.237. The number of rotatable bonds is 7. The highest BCUT2D eigenvalue weighted by Gasteiger charge is 2.53. The summed E-state index contributed by atoms with van der Waals surface area (Å²) in [5, 5.41) is 11.7. The second-order valence-electron chi connectivity index (χ2n) is 11.3. The van der Waals surface area contributed by atoms with Crippen LogP contribution in [0.4, 0.5) is 9.59 Å². The Labute approximate surface area is 207 Å². The first kappa shape index (κ1) is 25.5. The van der Waals surface area contributed by atoms with Crippen molar-refractivity contribution >= 4 is 12.2 Å². The van der Waals surface area contributed by atoms with Crippen LogP contribution in [0.15, 0.2) is 42.6 Å². The third-order valence-electron chi connectivity index (χ3n) is 6.97. The van der Waals surface area contributed by atoms with Crippen LogP contribution in [0.5, 0.6) is 0 Å².